The van der Waals surface area contributed by atoms with Crippen LogP contribution in [0.3, 0.4) is 0 Å². The molecule has 2 aromatic rings. The van der Waals surface area contributed by atoms with Gasteiger partial charge in [0.15, 0.2) is 15.8 Å². The third-order valence-electron chi connectivity index (χ3n) is 5.29. The van der Waals surface area contributed by atoms with E-state index in [1.54, 1.807) is 12.1 Å². The maximum atomic E-state index is 11.6. The Morgan fingerprint density at radius 2 is 1.70 bits per heavy atom. The highest BCUT2D eigenvalue weighted by molar-refractivity contribution is 7.90. The summed E-state index contributed by atoms with van der Waals surface area (Å²) in [7, 11) is -3.17. The van der Waals surface area contributed by atoms with Crippen LogP contribution in [0, 0.1) is 0 Å². The fourth-order valence-corrected chi connectivity index (χ4v) is 4.23. The maximum absolute atomic E-state index is 11.6. The SMILES string of the molecule is CCNC(=NCc1ccc(S(C)(=O)=O)cc1)NC1CCN(Cc2ccccc2)CC1. The lowest BCUT2D eigenvalue weighted by molar-refractivity contribution is 0.198. The molecule has 1 aliphatic heterocycles. The molecular formula is C23H32N4O2S. The van der Waals surface area contributed by atoms with Crippen molar-refractivity contribution in [2.45, 2.75) is 43.8 Å². The largest absolute Gasteiger partial charge is 0.357 e. The minimum atomic E-state index is -3.17. The fraction of sp³-hybridized carbons (Fsp3) is 0.435. The molecule has 0 aromatic heterocycles. The molecule has 30 heavy (non-hydrogen) atoms. The highest BCUT2D eigenvalue weighted by Crippen LogP contribution is 2.14. The van der Waals surface area contributed by atoms with Crippen LogP contribution in [0.4, 0.5) is 0 Å². The number of aliphatic imine (C=N–C) groups is 1. The summed E-state index contributed by atoms with van der Waals surface area (Å²) in [5.74, 6) is 0.811. The number of benzene rings is 2. The second kappa shape index (κ2) is 10.6. The molecule has 1 heterocycles. The molecule has 0 saturated carbocycles. The zero-order valence-electron chi connectivity index (χ0n) is 17.8. The van der Waals surface area contributed by atoms with Gasteiger partial charge in [-0.1, -0.05) is 42.5 Å². The number of guanidine groups is 1. The summed E-state index contributed by atoms with van der Waals surface area (Å²) in [6, 6.07) is 18.0. The topological polar surface area (TPSA) is 73.8 Å². The normalized spacial score (nSPS) is 16.4. The predicted octanol–water partition coefficient (Wildman–Crippen LogP) is 2.81. The number of hydrogen-bond donors (Lipinski definition) is 2. The molecule has 0 amide bonds. The zero-order valence-corrected chi connectivity index (χ0v) is 18.7. The molecule has 1 saturated heterocycles. The number of hydrogen-bond acceptors (Lipinski definition) is 4. The average Bonchev–Trinajstić information content (AvgIpc) is 2.74. The summed E-state index contributed by atoms with van der Waals surface area (Å²) in [6.07, 6.45) is 3.39. The van der Waals surface area contributed by atoms with E-state index in [1.165, 1.54) is 11.8 Å². The average molecular weight is 429 g/mol. The summed E-state index contributed by atoms with van der Waals surface area (Å²) >= 11 is 0. The van der Waals surface area contributed by atoms with Crippen LogP contribution in [0.15, 0.2) is 64.5 Å². The van der Waals surface area contributed by atoms with Crippen molar-refractivity contribution in [2.75, 3.05) is 25.9 Å². The molecule has 3 rings (SSSR count). The molecule has 2 aromatic carbocycles. The van der Waals surface area contributed by atoms with Gasteiger partial charge in [0, 0.05) is 38.5 Å². The van der Waals surface area contributed by atoms with Crippen LogP contribution in [0.1, 0.15) is 30.9 Å². The molecule has 0 bridgehead atoms. The first-order valence-corrected chi connectivity index (χ1v) is 12.4. The van der Waals surface area contributed by atoms with Gasteiger partial charge in [0.2, 0.25) is 0 Å². The first-order chi connectivity index (χ1) is 14.4. The Morgan fingerprint density at radius 3 is 2.30 bits per heavy atom. The van der Waals surface area contributed by atoms with E-state index >= 15 is 0 Å². The first-order valence-electron chi connectivity index (χ1n) is 10.5. The number of sulfone groups is 1. The predicted molar refractivity (Wildman–Crippen MR) is 122 cm³/mol. The number of rotatable bonds is 7. The second-order valence-corrected chi connectivity index (χ2v) is 9.81. The molecule has 0 spiro atoms. The van der Waals surface area contributed by atoms with Gasteiger partial charge in [-0.25, -0.2) is 13.4 Å². The Hall–Kier alpha value is -2.38. The summed E-state index contributed by atoms with van der Waals surface area (Å²) < 4.78 is 23.2. The van der Waals surface area contributed by atoms with Crippen molar-refractivity contribution >= 4 is 15.8 Å². The van der Waals surface area contributed by atoms with Crippen LogP contribution in [0.5, 0.6) is 0 Å². The van der Waals surface area contributed by atoms with Crippen LogP contribution in [0.25, 0.3) is 0 Å². The number of nitrogens with zero attached hydrogens (tertiary/aromatic N) is 2. The van der Waals surface area contributed by atoms with Gasteiger partial charge in [-0.2, -0.15) is 0 Å². The van der Waals surface area contributed by atoms with E-state index < -0.39 is 9.84 Å². The zero-order chi connectivity index (χ0) is 21.4. The van der Waals surface area contributed by atoms with Gasteiger partial charge in [0.25, 0.3) is 0 Å². The van der Waals surface area contributed by atoms with E-state index in [0.29, 0.717) is 17.5 Å². The minimum Gasteiger partial charge on any atom is -0.357 e. The summed E-state index contributed by atoms with van der Waals surface area (Å²) in [6.45, 7) is 6.50. The third kappa shape index (κ3) is 6.85. The van der Waals surface area contributed by atoms with Crippen LogP contribution in [-0.2, 0) is 22.9 Å². The molecule has 0 atom stereocenters. The van der Waals surface area contributed by atoms with Gasteiger partial charge in [-0.15, -0.1) is 0 Å². The Kier molecular flexibility index (Phi) is 7.87. The van der Waals surface area contributed by atoms with Gasteiger partial charge in [0.1, 0.15) is 0 Å². The van der Waals surface area contributed by atoms with Crippen LogP contribution >= 0.6 is 0 Å². The smallest absolute Gasteiger partial charge is 0.191 e. The Labute approximate surface area is 180 Å². The van der Waals surface area contributed by atoms with Crippen LogP contribution < -0.4 is 10.6 Å². The van der Waals surface area contributed by atoms with Crippen LogP contribution in [-0.4, -0.2) is 51.2 Å². The molecule has 0 aliphatic carbocycles. The Balaban J connectivity index is 1.51. The highest BCUT2D eigenvalue weighted by atomic mass is 32.2. The summed E-state index contributed by atoms with van der Waals surface area (Å²) in [5.41, 5.74) is 2.35. The second-order valence-electron chi connectivity index (χ2n) is 7.79. The minimum absolute atomic E-state index is 0.336. The molecule has 1 fully saturated rings. The quantitative estimate of drug-likeness (QED) is 0.524. The van der Waals surface area contributed by atoms with Crippen molar-refractivity contribution in [1.82, 2.24) is 15.5 Å². The van der Waals surface area contributed by atoms with Gasteiger partial charge >= 0.3 is 0 Å². The fourth-order valence-electron chi connectivity index (χ4n) is 3.60. The van der Waals surface area contributed by atoms with Gasteiger partial charge < -0.3 is 10.6 Å². The van der Waals surface area contributed by atoms with Crippen molar-refractivity contribution < 1.29 is 8.42 Å². The first kappa shape index (κ1) is 22.3. The molecule has 6 nitrogen and oxygen atoms in total. The summed E-state index contributed by atoms with van der Waals surface area (Å²) in [5, 5.41) is 6.88. The van der Waals surface area contributed by atoms with E-state index in [-0.39, 0.29) is 0 Å². The van der Waals surface area contributed by atoms with Gasteiger partial charge in [0.05, 0.1) is 11.4 Å². The molecule has 2 N–H and O–H groups in total. The van der Waals surface area contributed by atoms with Crippen molar-refractivity contribution in [3.05, 3.63) is 65.7 Å². The molecule has 7 heteroatoms. The molecule has 1 aliphatic rings. The molecular weight excluding hydrogens is 396 g/mol. The van der Waals surface area contributed by atoms with Crippen LogP contribution in [0.2, 0.25) is 0 Å². The van der Waals surface area contributed by atoms with Crippen molar-refractivity contribution in [2.24, 2.45) is 4.99 Å². The monoisotopic (exact) mass is 428 g/mol. The maximum Gasteiger partial charge on any atom is 0.191 e. The Bertz CT molecular complexity index is 919. The van der Waals surface area contributed by atoms with E-state index in [2.05, 4.69) is 57.8 Å². The number of piperidine rings is 1. The van der Waals surface area contributed by atoms with Crippen molar-refractivity contribution in [3.8, 4) is 0 Å². The molecule has 0 radical (unpaired) electrons. The standard InChI is InChI=1S/C23H32N4O2S/c1-3-24-23(25-17-19-9-11-22(12-10-19)30(2,28)29)26-21-13-15-27(16-14-21)18-20-7-5-4-6-8-20/h4-12,21H,3,13-18H2,1-2H3,(H2,24,25,26). The third-order valence-corrected chi connectivity index (χ3v) is 6.42. The van der Waals surface area contributed by atoms with E-state index in [9.17, 15) is 8.42 Å². The number of likely N-dealkylation sites (tertiary alicyclic amines) is 1. The lowest BCUT2D eigenvalue weighted by atomic mass is 10.0. The van der Waals surface area contributed by atoms with Gasteiger partial charge in [-0.05, 0) is 43.0 Å². The van der Waals surface area contributed by atoms with E-state index in [4.69, 9.17) is 0 Å². The highest BCUT2D eigenvalue weighted by Gasteiger charge is 2.20. The van der Waals surface area contributed by atoms with E-state index in [0.717, 1.165) is 50.5 Å². The van der Waals surface area contributed by atoms with Crippen molar-refractivity contribution in [3.63, 3.8) is 0 Å². The van der Waals surface area contributed by atoms with Crippen molar-refractivity contribution in [1.29, 1.82) is 0 Å². The lowest BCUT2D eigenvalue weighted by Gasteiger charge is -2.33. The summed E-state index contributed by atoms with van der Waals surface area (Å²) in [4.78, 5) is 7.52. The molecule has 0 unspecified atom stereocenters. The van der Waals surface area contributed by atoms with E-state index in [1.807, 2.05) is 12.1 Å². The lowest BCUT2D eigenvalue weighted by Crippen LogP contribution is -2.48. The van der Waals surface area contributed by atoms with Gasteiger partial charge in [-0.3, -0.25) is 4.90 Å². The molecule has 162 valence electrons. The Morgan fingerprint density at radius 1 is 1.03 bits per heavy atom. The number of nitrogens with one attached hydrogen (secondary N) is 2.